The molecule has 1 aromatic carbocycles. The Bertz CT molecular complexity index is 401. The maximum Gasteiger partial charge on any atom is 0.0535 e. The van der Waals surface area contributed by atoms with Crippen LogP contribution in [0.2, 0.25) is 0 Å². The second-order valence-electron chi connectivity index (χ2n) is 5.69. The van der Waals surface area contributed by atoms with Crippen molar-refractivity contribution in [2.45, 2.75) is 38.3 Å². The molecule has 1 fully saturated rings. The predicted octanol–water partition coefficient (Wildman–Crippen LogP) is 3.16. The highest BCUT2D eigenvalue weighted by atomic mass is 15.2. The first kappa shape index (κ1) is 14.3. The minimum Gasteiger partial charge on any atom is -0.305 e. The molecule has 0 saturated carbocycles. The highest BCUT2D eigenvalue weighted by molar-refractivity contribution is 5.25. The number of rotatable bonds is 5. The van der Waals surface area contributed by atoms with E-state index in [-0.39, 0.29) is 5.54 Å². The number of piperazine rings is 1. The van der Waals surface area contributed by atoms with Crippen LogP contribution in [0.15, 0.2) is 43.0 Å². The second kappa shape index (κ2) is 6.36. The van der Waals surface area contributed by atoms with Crippen LogP contribution in [0.1, 0.15) is 32.3 Å². The number of hydrogen-bond acceptors (Lipinski definition) is 2. The fourth-order valence-corrected chi connectivity index (χ4v) is 2.98. The van der Waals surface area contributed by atoms with Gasteiger partial charge in [0.25, 0.3) is 0 Å². The fourth-order valence-electron chi connectivity index (χ4n) is 2.98. The van der Waals surface area contributed by atoms with Crippen molar-refractivity contribution in [1.29, 1.82) is 0 Å². The maximum absolute atomic E-state index is 3.85. The molecule has 2 heteroatoms. The van der Waals surface area contributed by atoms with E-state index >= 15 is 0 Å². The Morgan fingerprint density at radius 3 is 2.79 bits per heavy atom. The third-order valence-electron chi connectivity index (χ3n) is 4.27. The summed E-state index contributed by atoms with van der Waals surface area (Å²) in [6, 6.07) is 11.4. The van der Waals surface area contributed by atoms with E-state index in [9.17, 15) is 0 Å². The predicted molar refractivity (Wildman–Crippen MR) is 82.3 cm³/mol. The van der Waals surface area contributed by atoms with E-state index in [1.54, 1.807) is 0 Å². The van der Waals surface area contributed by atoms with E-state index < -0.39 is 0 Å². The lowest BCUT2D eigenvalue weighted by molar-refractivity contribution is 0.0849. The van der Waals surface area contributed by atoms with Gasteiger partial charge in [-0.3, -0.25) is 4.90 Å². The molecule has 2 unspecified atom stereocenters. The van der Waals surface area contributed by atoms with Gasteiger partial charge in [0, 0.05) is 25.7 Å². The van der Waals surface area contributed by atoms with Gasteiger partial charge in [0.15, 0.2) is 0 Å². The summed E-state index contributed by atoms with van der Waals surface area (Å²) in [5.74, 6) is 0. The van der Waals surface area contributed by atoms with Crippen molar-refractivity contribution in [2.75, 3.05) is 19.6 Å². The minimum absolute atomic E-state index is 0.0636. The van der Waals surface area contributed by atoms with Crippen LogP contribution in [0, 0.1) is 0 Å². The first-order chi connectivity index (χ1) is 9.19. The van der Waals surface area contributed by atoms with Crippen molar-refractivity contribution >= 4 is 0 Å². The van der Waals surface area contributed by atoms with Gasteiger partial charge >= 0.3 is 0 Å². The third-order valence-corrected chi connectivity index (χ3v) is 4.27. The van der Waals surface area contributed by atoms with Gasteiger partial charge in [0.05, 0.1) is 5.54 Å². The molecule has 1 N–H and O–H groups in total. The number of nitrogens with zero attached hydrogens (tertiary/aromatic N) is 1. The largest absolute Gasteiger partial charge is 0.305 e. The normalized spacial score (nSPS) is 28.2. The summed E-state index contributed by atoms with van der Waals surface area (Å²) in [6.45, 7) is 11.7. The highest BCUT2D eigenvalue weighted by Crippen LogP contribution is 2.27. The molecule has 1 aliphatic rings. The van der Waals surface area contributed by atoms with Crippen LogP contribution in [0.4, 0.5) is 0 Å². The molecule has 0 bridgehead atoms. The van der Waals surface area contributed by atoms with E-state index in [4.69, 9.17) is 0 Å². The Balaban J connectivity index is 2.14. The van der Waals surface area contributed by atoms with Gasteiger partial charge in [-0.05, 0) is 25.3 Å². The lowest BCUT2D eigenvalue weighted by atomic mass is 9.87. The minimum atomic E-state index is 0.0636. The van der Waals surface area contributed by atoms with Gasteiger partial charge in [-0.25, -0.2) is 0 Å². The summed E-state index contributed by atoms with van der Waals surface area (Å²) in [4.78, 5) is 2.62. The fraction of sp³-hybridized carbons (Fsp3) is 0.529. The van der Waals surface area contributed by atoms with Crippen LogP contribution < -0.4 is 5.32 Å². The molecule has 0 aromatic heterocycles. The Labute approximate surface area is 117 Å². The van der Waals surface area contributed by atoms with Crippen molar-refractivity contribution in [3.05, 3.63) is 48.6 Å². The summed E-state index contributed by atoms with van der Waals surface area (Å²) in [5, 5.41) is 3.75. The number of hydrogen-bond donors (Lipinski definition) is 1. The molecule has 2 nitrogen and oxygen atoms in total. The average molecular weight is 258 g/mol. The van der Waals surface area contributed by atoms with Gasteiger partial charge in [-0.2, -0.15) is 0 Å². The molecule has 0 spiro atoms. The van der Waals surface area contributed by atoms with Gasteiger partial charge in [-0.1, -0.05) is 43.3 Å². The number of nitrogens with one attached hydrogen (secondary N) is 1. The summed E-state index contributed by atoms with van der Waals surface area (Å²) in [5.41, 5.74) is 1.45. The van der Waals surface area contributed by atoms with Crippen LogP contribution in [-0.4, -0.2) is 30.6 Å². The third kappa shape index (κ3) is 3.26. The molecule has 104 valence electrons. The van der Waals surface area contributed by atoms with Crippen LogP contribution in [0.3, 0.4) is 0 Å². The van der Waals surface area contributed by atoms with Crippen molar-refractivity contribution in [2.24, 2.45) is 0 Å². The summed E-state index contributed by atoms with van der Waals surface area (Å²) >= 11 is 0. The molecule has 2 atom stereocenters. The summed E-state index contributed by atoms with van der Waals surface area (Å²) in [6.07, 6.45) is 4.30. The molecule has 19 heavy (non-hydrogen) atoms. The van der Waals surface area contributed by atoms with Gasteiger partial charge in [0.2, 0.25) is 0 Å². The average Bonchev–Trinajstić information content (AvgIpc) is 2.46. The molecular formula is C17H26N2. The summed E-state index contributed by atoms with van der Waals surface area (Å²) < 4.78 is 0. The molecule has 0 amide bonds. The molecular weight excluding hydrogens is 232 g/mol. The quantitative estimate of drug-likeness (QED) is 0.816. The zero-order valence-electron chi connectivity index (χ0n) is 12.2. The van der Waals surface area contributed by atoms with E-state index in [2.05, 4.69) is 61.0 Å². The molecule has 0 aliphatic carbocycles. The Morgan fingerprint density at radius 1 is 1.42 bits per heavy atom. The van der Waals surface area contributed by atoms with Gasteiger partial charge < -0.3 is 5.32 Å². The van der Waals surface area contributed by atoms with Crippen molar-refractivity contribution in [3.63, 3.8) is 0 Å². The van der Waals surface area contributed by atoms with Crippen molar-refractivity contribution in [1.82, 2.24) is 10.2 Å². The molecule has 1 saturated heterocycles. The first-order valence-corrected chi connectivity index (χ1v) is 7.35. The maximum atomic E-state index is 3.85. The van der Waals surface area contributed by atoms with E-state index in [0.29, 0.717) is 6.04 Å². The monoisotopic (exact) mass is 258 g/mol. The summed E-state index contributed by atoms with van der Waals surface area (Å²) in [7, 11) is 0. The Kier molecular flexibility index (Phi) is 4.78. The molecule has 1 aromatic rings. The van der Waals surface area contributed by atoms with E-state index in [1.807, 2.05) is 6.08 Å². The van der Waals surface area contributed by atoms with Crippen molar-refractivity contribution < 1.29 is 0 Å². The van der Waals surface area contributed by atoms with Crippen LogP contribution in [-0.2, 0) is 5.54 Å². The standard InChI is InChI=1S/C17H26N2/c1-4-6-12-19-14-17(3,18-13-16(19)5-2)15-10-8-7-9-11-15/h4,7-11,16,18H,1,5-6,12-14H2,2-3H3. The SMILES string of the molecule is C=CCCN1CC(C)(c2ccccc2)NCC1CC. The zero-order valence-corrected chi connectivity index (χ0v) is 12.2. The molecule has 0 radical (unpaired) electrons. The van der Waals surface area contributed by atoms with E-state index in [0.717, 1.165) is 26.1 Å². The Morgan fingerprint density at radius 2 is 2.16 bits per heavy atom. The smallest absolute Gasteiger partial charge is 0.0535 e. The number of benzene rings is 1. The molecule has 2 rings (SSSR count). The van der Waals surface area contributed by atoms with E-state index in [1.165, 1.54) is 12.0 Å². The topological polar surface area (TPSA) is 15.3 Å². The van der Waals surface area contributed by atoms with Crippen LogP contribution in [0.25, 0.3) is 0 Å². The molecule has 1 heterocycles. The zero-order chi connectivity index (χ0) is 13.7. The first-order valence-electron chi connectivity index (χ1n) is 7.35. The Hall–Kier alpha value is -1.12. The highest BCUT2D eigenvalue weighted by Gasteiger charge is 2.35. The van der Waals surface area contributed by atoms with Crippen LogP contribution in [0.5, 0.6) is 0 Å². The molecule has 1 aliphatic heterocycles. The van der Waals surface area contributed by atoms with Crippen molar-refractivity contribution in [3.8, 4) is 0 Å². The van der Waals surface area contributed by atoms with Gasteiger partial charge in [0.1, 0.15) is 0 Å². The van der Waals surface area contributed by atoms with Gasteiger partial charge in [-0.15, -0.1) is 6.58 Å². The lowest BCUT2D eigenvalue weighted by Gasteiger charge is -2.46. The van der Waals surface area contributed by atoms with Crippen LogP contribution >= 0.6 is 0 Å². The second-order valence-corrected chi connectivity index (χ2v) is 5.69. The lowest BCUT2D eigenvalue weighted by Crippen LogP contribution is -2.61.